The van der Waals surface area contributed by atoms with E-state index in [-0.39, 0.29) is 11.8 Å². The van der Waals surface area contributed by atoms with E-state index in [2.05, 4.69) is 0 Å². The highest BCUT2D eigenvalue weighted by molar-refractivity contribution is 5.99. The van der Waals surface area contributed by atoms with Crippen LogP contribution in [0.5, 0.6) is 11.5 Å². The topological polar surface area (TPSA) is 76.1 Å². The molecule has 0 aromatic heterocycles. The van der Waals surface area contributed by atoms with E-state index in [0.29, 0.717) is 29.5 Å². The van der Waals surface area contributed by atoms with Crippen LogP contribution in [0.4, 0.5) is 0 Å². The van der Waals surface area contributed by atoms with Crippen LogP contribution in [0.1, 0.15) is 35.2 Å². The second-order valence-electron chi connectivity index (χ2n) is 6.62. The first-order valence-corrected chi connectivity index (χ1v) is 8.24. The number of benzene rings is 1. The average Bonchev–Trinajstić information content (AvgIpc) is 3.13. The van der Waals surface area contributed by atoms with Gasteiger partial charge in [0.05, 0.1) is 14.2 Å². The number of hydrogen-bond acceptors (Lipinski definition) is 4. The molecule has 1 saturated heterocycles. The Bertz CT molecular complexity index is 672. The Hall–Kier alpha value is -2.24. The summed E-state index contributed by atoms with van der Waals surface area (Å²) in [5.41, 5.74) is 1.22. The Morgan fingerprint density at radius 2 is 1.83 bits per heavy atom. The largest absolute Gasteiger partial charge is 0.493 e. The lowest BCUT2D eigenvalue weighted by Crippen LogP contribution is -2.43. The Balaban J connectivity index is 1.95. The number of rotatable bonds is 4. The fourth-order valence-electron chi connectivity index (χ4n) is 4.20. The highest BCUT2D eigenvalue weighted by Gasteiger charge is 2.49. The molecule has 0 spiro atoms. The second kappa shape index (κ2) is 6.34. The summed E-state index contributed by atoms with van der Waals surface area (Å²) in [6.07, 6.45) is 2.94. The van der Waals surface area contributed by atoms with Crippen LogP contribution < -0.4 is 9.47 Å². The van der Waals surface area contributed by atoms with Gasteiger partial charge in [0.15, 0.2) is 11.5 Å². The third-order valence-corrected chi connectivity index (χ3v) is 5.37. The van der Waals surface area contributed by atoms with Gasteiger partial charge in [0.25, 0.3) is 5.91 Å². The third-order valence-electron chi connectivity index (χ3n) is 5.37. The Morgan fingerprint density at radius 1 is 1.17 bits per heavy atom. The van der Waals surface area contributed by atoms with Crippen LogP contribution >= 0.6 is 0 Å². The molecule has 3 atom stereocenters. The molecular formula is C18H23NO5. The van der Waals surface area contributed by atoms with E-state index in [1.165, 1.54) is 12.0 Å². The van der Waals surface area contributed by atoms with Crippen LogP contribution in [-0.4, -0.2) is 48.7 Å². The van der Waals surface area contributed by atoms with E-state index in [9.17, 15) is 14.7 Å². The number of aliphatic carboxylic acids is 1. The molecule has 1 aliphatic carbocycles. The number of amides is 1. The maximum absolute atomic E-state index is 13.0. The number of carbonyl (C=O) groups is 2. The second-order valence-corrected chi connectivity index (χ2v) is 6.62. The molecule has 0 unspecified atom stereocenters. The number of fused-ring (bicyclic) bond motifs is 1. The number of carbonyl (C=O) groups excluding carboxylic acids is 1. The normalized spacial score (nSPS) is 25.5. The van der Waals surface area contributed by atoms with E-state index in [0.717, 1.165) is 24.8 Å². The minimum absolute atomic E-state index is 0.0758. The van der Waals surface area contributed by atoms with Gasteiger partial charge in [0, 0.05) is 12.1 Å². The van der Waals surface area contributed by atoms with Crippen molar-refractivity contribution in [1.82, 2.24) is 4.90 Å². The summed E-state index contributed by atoms with van der Waals surface area (Å²) in [7, 11) is 3.06. The molecule has 6 heteroatoms. The molecule has 3 rings (SSSR count). The van der Waals surface area contributed by atoms with Crippen LogP contribution in [0.25, 0.3) is 0 Å². The van der Waals surface area contributed by atoms with Crippen molar-refractivity contribution < 1.29 is 24.2 Å². The maximum atomic E-state index is 13.0. The number of ether oxygens (including phenoxy) is 2. The molecule has 1 amide bonds. The van der Waals surface area contributed by atoms with E-state index in [1.807, 2.05) is 6.92 Å². The van der Waals surface area contributed by atoms with Gasteiger partial charge in [-0.25, -0.2) is 4.79 Å². The van der Waals surface area contributed by atoms with Crippen molar-refractivity contribution >= 4 is 11.9 Å². The van der Waals surface area contributed by atoms with Crippen molar-refractivity contribution in [2.24, 2.45) is 11.8 Å². The third kappa shape index (κ3) is 2.60. The molecule has 24 heavy (non-hydrogen) atoms. The van der Waals surface area contributed by atoms with Gasteiger partial charge in [-0.05, 0) is 49.3 Å². The molecule has 2 aliphatic rings. The van der Waals surface area contributed by atoms with E-state index in [1.54, 1.807) is 19.2 Å². The zero-order valence-electron chi connectivity index (χ0n) is 14.2. The Labute approximate surface area is 141 Å². The van der Waals surface area contributed by atoms with Gasteiger partial charge in [-0.15, -0.1) is 0 Å². The molecule has 1 N–H and O–H groups in total. The van der Waals surface area contributed by atoms with Gasteiger partial charge >= 0.3 is 5.97 Å². The van der Waals surface area contributed by atoms with Crippen LogP contribution in [-0.2, 0) is 4.79 Å². The molecule has 0 bridgehead atoms. The fraction of sp³-hybridized carbons (Fsp3) is 0.556. The van der Waals surface area contributed by atoms with Crippen LogP contribution in [0.15, 0.2) is 12.1 Å². The monoisotopic (exact) mass is 333 g/mol. The quantitative estimate of drug-likeness (QED) is 0.915. The summed E-state index contributed by atoms with van der Waals surface area (Å²) in [4.78, 5) is 26.3. The van der Waals surface area contributed by atoms with Crippen molar-refractivity contribution in [3.63, 3.8) is 0 Å². The van der Waals surface area contributed by atoms with Gasteiger partial charge in [0.1, 0.15) is 6.04 Å². The number of carboxylic acids is 1. The number of nitrogens with zero attached hydrogens (tertiary/aromatic N) is 1. The van der Waals surface area contributed by atoms with Gasteiger partial charge in [-0.1, -0.05) is 6.42 Å². The SMILES string of the molecule is COc1cc(C)c(C(=O)N2C[C@@H]3CCC[C@@H]3[C@H]2C(=O)O)cc1OC. The number of aryl methyl sites for hydroxylation is 1. The Kier molecular flexibility index (Phi) is 4.39. The van der Waals surface area contributed by atoms with Crippen LogP contribution in [0.2, 0.25) is 0 Å². The molecule has 1 aromatic carbocycles. The molecule has 0 radical (unpaired) electrons. The summed E-state index contributed by atoms with van der Waals surface area (Å²) < 4.78 is 10.5. The summed E-state index contributed by atoms with van der Waals surface area (Å²) in [5, 5.41) is 9.64. The molecule has 1 aromatic rings. The van der Waals surface area contributed by atoms with Crippen LogP contribution in [0.3, 0.4) is 0 Å². The summed E-state index contributed by atoms with van der Waals surface area (Å²) in [5.74, 6) is 0.255. The number of hydrogen-bond donors (Lipinski definition) is 1. The van der Waals surface area contributed by atoms with Crippen molar-refractivity contribution in [3.05, 3.63) is 23.3 Å². The van der Waals surface area contributed by atoms with E-state index >= 15 is 0 Å². The van der Waals surface area contributed by atoms with Gasteiger partial charge in [-0.2, -0.15) is 0 Å². The lowest BCUT2D eigenvalue weighted by molar-refractivity contribution is -0.142. The number of carboxylic acid groups (broad SMARTS) is 1. The van der Waals surface area contributed by atoms with Crippen LogP contribution in [0, 0.1) is 18.8 Å². The zero-order chi connectivity index (χ0) is 17.4. The lowest BCUT2D eigenvalue weighted by atomic mass is 9.94. The van der Waals surface area contributed by atoms with Gasteiger partial charge in [-0.3, -0.25) is 4.79 Å². The smallest absolute Gasteiger partial charge is 0.326 e. The fourth-order valence-corrected chi connectivity index (χ4v) is 4.20. The predicted octanol–water partition coefficient (Wildman–Crippen LogP) is 2.34. The summed E-state index contributed by atoms with van der Waals surface area (Å²) >= 11 is 0. The first-order valence-electron chi connectivity index (χ1n) is 8.24. The molecule has 1 heterocycles. The first kappa shape index (κ1) is 16.6. The molecule has 6 nitrogen and oxygen atoms in total. The highest BCUT2D eigenvalue weighted by atomic mass is 16.5. The molecule has 1 aliphatic heterocycles. The first-order chi connectivity index (χ1) is 11.5. The Morgan fingerprint density at radius 3 is 2.46 bits per heavy atom. The van der Waals surface area contributed by atoms with Crippen molar-refractivity contribution in [1.29, 1.82) is 0 Å². The highest BCUT2D eigenvalue weighted by Crippen LogP contribution is 2.43. The van der Waals surface area contributed by atoms with E-state index in [4.69, 9.17) is 9.47 Å². The standard InChI is InChI=1S/C18H23NO5/c1-10-7-14(23-2)15(24-3)8-13(10)17(20)19-9-11-5-4-6-12(11)16(19)18(21)22/h7-8,11-12,16H,4-6,9H2,1-3H3,(H,21,22)/t11-,12-,16-/m0/s1. The number of likely N-dealkylation sites (tertiary alicyclic amines) is 1. The van der Waals surface area contributed by atoms with Gasteiger partial charge in [0.2, 0.25) is 0 Å². The average molecular weight is 333 g/mol. The van der Waals surface area contributed by atoms with E-state index < -0.39 is 12.0 Å². The molecule has 2 fully saturated rings. The lowest BCUT2D eigenvalue weighted by Gasteiger charge is -2.25. The minimum atomic E-state index is -0.907. The molecular weight excluding hydrogens is 310 g/mol. The van der Waals surface area contributed by atoms with Crippen molar-refractivity contribution in [2.45, 2.75) is 32.2 Å². The van der Waals surface area contributed by atoms with Crippen molar-refractivity contribution in [2.75, 3.05) is 20.8 Å². The predicted molar refractivity (Wildman–Crippen MR) is 87.6 cm³/mol. The molecule has 130 valence electrons. The maximum Gasteiger partial charge on any atom is 0.326 e. The molecule has 1 saturated carbocycles. The number of methoxy groups -OCH3 is 2. The zero-order valence-corrected chi connectivity index (χ0v) is 14.2. The summed E-state index contributed by atoms with van der Waals surface area (Å²) in [6, 6.07) is 2.67. The minimum Gasteiger partial charge on any atom is -0.493 e. The van der Waals surface area contributed by atoms with Crippen molar-refractivity contribution in [3.8, 4) is 11.5 Å². The summed E-state index contributed by atoms with van der Waals surface area (Å²) in [6.45, 7) is 2.34. The van der Waals surface area contributed by atoms with Gasteiger partial charge < -0.3 is 19.5 Å².